The monoisotopic (exact) mass is 621 g/mol. The first-order valence-corrected chi connectivity index (χ1v) is 14.0. The Bertz CT molecular complexity index is 1850. The Kier molecular flexibility index (Phi) is 7.48. The van der Waals surface area contributed by atoms with Crippen LogP contribution in [0.5, 0.6) is 0 Å². The van der Waals surface area contributed by atoms with Crippen molar-refractivity contribution >= 4 is 29.2 Å². The molecule has 1 unspecified atom stereocenters. The Balaban J connectivity index is 1.62. The van der Waals surface area contributed by atoms with Gasteiger partial charge in [-0.1, -0.05) is 13.8 Å². The number of rotatable bonds is 6. The van der Waals surface area contributed by atoms with Crippen LogP contribution in [0.1, 0.15) is 49.9 Å². The largest absolute Gasteiger partial charge is 0.416 e. The van der Waals surface area contributed by atoms with E-state index in [1.54, 1.807) is 37.2 Å². The van der Waals surface area contributed by atoms with Crippen molar-refractivity contribution in [2.45, 2.75) is 56.9 Å². The summed E-state index contributed by atoms with van der Waals surface area (Å²) in [6, 6.07) is 5.85. The van der Waals surface area contributed by atoms with Crippen molar-refractivity contribution in [3.05, 3.63) is 89.5 Å². The predicted molar refractivity (Wildman–Crippen MR) is 154 cm³/mol. The molecule has 2 heterocycles. The van der Waals surface area contributed by atoms with Gasteiger partial charge in [0.05, 0.1) is 39.6 Å². The molecule has 44 heavy (non-hydrogen) atoms. The maximum Gasteiger partial charge on any atom is 0.416 e. The summed E-state index contributed by atoms with van der Waals surface area (Å²) in [5.74, 6) is 0. The van der Waals surface area contributed by atoms with E-state index < -0.39 is 51.2 Å². The van der Waals surface area contributed by atoms with Gasteiger partial charge in [-0.3, -0.25) is 9.59 Å². The number of anilines is 1. The van der Waals surface area contributed by atoms with Crippen LogP contribution >= 0.6 is 0 Å². The van der Waals surface area contributed by atoms with Crippen molar-refractivity contribution in [1.82, 2.24) is 0 Å². The Morgan fingerprint density at radius 3 is 1.95 bits per heavy atom. The Hall–Kier alpha value is -3.77. The predicted octanol–water partition coefficient (Wildman–Crippen LogP) is 3.11. The van der Waals surface area contributed by atoms with E-state index in [-0.39, 0.29) is 36.7 Å². The highest BCUT2D eigenvalue weighted by Gasteiger charge is 2.47. The highest BCUT2D eigenvalue weighted by atomic mass is 19.4. The number of halogens is 6. The van der Waals surface area contributed by atoms with E-state index in [0.717, 1.165) is 24.3 Å². The molecule has 2 aliphatic rings. The van der Waals surface area contributed by atoms with E-state index in [9.17, 15) is 46.1 Å². The third-order valence-electron chi connectivity index (χ3n) is 8.87. The van der Waals surface area contributed by atoms with E-state index in [1.807, 2.05) is 0 Å². The topological polar surface area (TPSA) is 80.9 Å². The molecule has 0 saturated heterocycles. The summed E-state index contributed by atoms with van der Waals surface area (Å²) < 4.78 is 82.5. The van der Waals surface area contributed by atoms with Gasteiger partial charge in [-0.25, -0.2) is 0 Å². The van der Waals surface area contributed by atoms with Crippen LogP contribution in [0, 0.1) is 0 Å². The van der Waals surface area contributed by atoms with Crippen molar-refractivity contribution in [3.63, 3.8) is 0 Å². The van der Waals surface area contributed by atoms with Gasteiger partial charge < -0.3 is 15.1 Å². The Morgan fingerprint density at radius 1 is 0.841 bits per heavy atom. The van der Waals surface area contributed by atoms with Crippen LogP contribution < -0.4 is 26.2 Å². The number of aliphatic hydroxyl groups is 2. The average Bonchev–Trinajstić information content (AvgIpc) is 3.27. The summed E-state index contributed by atoms with van der Waals surface area (Å²) in [5.41, 5.74) is -3.02. The summed E-state index contributed by atoms with van der Waals surface area (Å²) in [7, 11) is 0. The quantitative estimate of drug-likeness (QED) is 0.327. The lowest BCUT2D eigenvalue weighted by atomic mass is 9.79. The van der Waals surface area contributed by atoms with Gasteiger partial charge in [0, 0.05) is 35.4 Å². The Labute approximate surface area is 248 Å². The van der Waals surface area contributed by atoms with Gasteiger partial charge in [0.25, 0.3) is 0 Å². The fourth-order valence-electron chi connectivity index (χ4n) is 6.51. The highest BCUT2D eigenvalue weighted by Crippen LogP contribution is 2.48. The van der Waals surface area contributed by atoms with Gasteiger partial charge in [0.2, 0.25) is 16.5 Å². The van der Waals surface area contributed by atoms with E-state index in [0.29, 0.717) is 28.2 Å². The third-order valence-corrected chi connectivity index (χ3v) is 8.87. The summed E-state index contributed by atoms with van der Waals surface area (Å²) >= 11 is 0. The summed E-state index contributed by atoms with van der Waals surface area (Å²) in [6.07, 6.45) is -6.39. The molecule has 0 fully saturated rings. The fourth-order valence-corrected chi connectivity index (χ4v) is 6.51. The van der Waals surface area contributed by atoms with Crippen LogP contribution in [-0.2, 0) is 23.2 Å². The number of nitrogens with zero attached hydrogens (tertiary/aromatic N) is 2. The molecule has 6 nitrogen and oxygen atoms in total. The maximum atomic E-state index is 13.5. The minimum absolute atomic E-state index is 0.0105. The zero-order valence-corrected chi connectivity index (χ0v) is 24.4. The SMILES string of the molecule is CC1(C)C(C=c2c(=O)c(=CC3N(CCO)c4ccc(C(F)(F)F)cc4C3(C)C)c2=O)=[N+](CCO)c2ccc(C(F)(F)F)cc21. The van der Waals surface area contributed by atoms with Crippen molar-refractivity contribution in [2.24, 2.45) is 0 Å². The molecule has 0 radical (unpaired) electrons. The fraction of sp³-hybridized carbons (Fsp3) is 0.406. The number of β-amino-alcohol motifs (C(OH)–C–C–N with tert-alkyl or cyclic N) is 2. The molecule has 5 rings (SSSR count). The average molecular weight is 622 g/mol. The molecule has 0 amide bonds. The number of fused-ring (bicyclic) bond motifs is 2. The first-order chi connectivity index (χ1) is 20.3. The molecule has 0 aromatic heterocycles. The number of hydrogen-bond acceptors (Lipinski definition) is 5. The first-order valence-electron chi connectivity index (χ1n) is 14.0. The van der Waals surface area contributed by atoms with E-state index in [1.165, 1.54) is 24.3 Å². The molecular formula is C32H31F6N2O4+. The van der Waals surface area contributed by atoms with Crippen molar-refractivity contribution in [2.75, 3.05) is 31.2 Å². The van der Waals surface area contributed by atoms with E-state index in [4.69, 9.17) is 0 Å². The third kappa shape index (κ3) is 4.88. The van der Waals surface area contributed by atoms with Gasteiger partial charge in [0.15, 0.2) is 12.3 Å². The van der Waals surface area contributed by atoms with Crippen LogP contribution in [0.15, 0.2) is 46.0 Å². The zero-order valence-electron chi connectivity index (χ0n) is 24.4. The molecule has 0 saturated carbocycles. The number of benzene rings is 2. The number of aliphatic hydroxyl groups excluding tert-OH is 2. The minimum Gasteiger partial charge on any atom is -0.395 e. The second-order valence-electron chi connectivity index (χ2n) is 12.2. The van der Waals surface area contributed by atoms with Crippen molar-refractivity contribution in [1.29, 1.82) is 0 Å². The smallest absolute Gasteiger partial charge is 0.395 e. The van der Waals surface area contributed by atoms with Gasteiger partial charge in [-0.05, 0) is 55.8 Å². The molecule has 1 atom stereocenters. The molecule has 0 spiro atoms. The lowest BCUT2D eigenvalue weighted by Crippen LogP contribution is -2.66. The minimum atomic E-state index is -4.58. The lowest BCUT2D eigenvalue weighted by molar-refractivity contribution is -0.440. The summed E-state index contributed by atoms with van der Waals surface area (Å²) in [4.78, 5) is 28.5. The molecule has 12 heteroatoms. The molecule has 3 aromatic rings. The first kappa shape index (κ1) is 31.6. The van der Waals surface area contributed by atoms with Gasteiger partial charge in [-0.2, -0.15) is 30.9 Å². The summed E-state index contributed by atoms with van der Waals surface area (Å²) in [6.45, 7) is 6.12. The number of alkyl halides is 6. The second kappa shape index (κ2) is 10.4. The normalized spacial score (nSPS) is 19.0. The van der Waals surface area contributed by atoms with Gasteiger partial charge >= 0.3 is 12.4 Å². The molecule has 2 N–H and O–H groups in total. The molecule has 234 valence electrons. The van der Waals surface area contributed by atoms with Crippen molar-refractivity contribution in [3.8, 4) is 0 Å². The number of hydrogen-bond donors (Lipinski definition) is 2. The highest BCUT2D eigenvalue weighted by molar-refractivity contribution is 6.15. The molecular weight excluding hydrogens is 590 g/mol. The molecule has 0 aliphatic carbocycles. The van der Waals surface area contributed by atoms with Crippen LogP contribution in [0.2, 0.25) is 0 Å². The van der Waals surface area contributed by atoms with E-state index >= 15 is 0 Å². The summed E-state index contributed by atoms with van der Waals surface area (Å²) in [5, 5.41) is 19.1. The maximum absolute atomic E-state index is 13.5. The van der Waals surface area contributed by atoms with Crippen molar-refractivity contribution < 1.29 is 41.1 Å². The van der Waals surface area contributed by atoms with Crippen LogP contribution in [0.3, 0.4) is 0 Å². The Morgan fingerprint density at radius 2 is 1.41 bits per heavy atom. The van der Waals surface area contributed by atoms with Crippen LogP contribution in [0.25, 0.3) is 12.2 Å². The lowest BCUT2D eigenvalue weighted by Gasteiger charge is -2.32. The molecule has 0 bridgehead atoms. The molecule has 3 aromatic carbocycles. The zero-order chi connectivity index (χ0) is 32.6. The molecule has 2 aliphatic heterocycles. The standard InChI is InChI=1S/C32H31F6N2O4/c1-29(2)21-13-17(31(33,34)35)5-7-23(21)39(9-11-41)25(29)15-19-27(43)20(28(19)44)16-26-30(3,4)22-14-18(32(36,37)38)6-8-24(22)40(26)10-12-42/h5-8,13-16,25,41-42H,9-12H2,1-4H3/q+1. The van der Waals surface area contributed by atoms with Gasteiger partial charge in [0.1, 0.15) is 6.61 Å². The van der Waals surface area contributed by atoms with Gasteiger partial charge in [-0.15, -0.1) is 0 Å². The van der Waals surface area contributed by atoms with E-state index in [2.05, 4.69) is 0 Å². The van der Waals surface area contributed by atoms with Crippen LogP contribution in [-0.4, -0.2) is 52.8 Å². The second-order valence-corrected chi connectivity index (χ2v) is 12.2. The van der Waals surface area contributed by atoms with Crippen LogP contribution in [0.4, 0.5) is 37.7 Å².